The number of thiophene rings is 1. The minimum atomic E-state index is -2.46. The zero-order valence-electron chi connectivity index (χ0n) is 5.63. The molecule has 2 nitrogen and oxygen atoms in total. The summed E-state index contributed by atoms with van der Waals surface area (Å²) in [7, 11) is 0. The van der Waals surface area contributed by atoms with Crippen molar-refractivity contribution >= 4 is 11.3 Å². The highest BCUT2D eigenvalue weighted by molar-refractivity contribution is 7.07. The lowest BCUT2D eigenvalue weighted by Gasteiger charge is -2.12. The van der Waals surface area contributed by atoms with Gasteiger partial charge >= 0.3 is 0 Å². The molecule has 0 aliphatic heterocycles. The van der Waals surface area contributed by atoms with E-state index in [1.807, 2.05) is 0 Å². The first-order chi connectivity index (χ1) is 5.25. The first-order valence-electron chi connectivity index (χ1n) is 3.02. The molecule has 0 saturated carbocycles. The Balaban J connectivity index is 2.71. The van der Waals surface area contributed by atoms with E-state index in [0.29, 0.717) is 5.56 Å². The zero-order valence-corrected chi connectivity index (χ0v) is 6.44. The zero-order chi connectivity index (χ0) is 8.27. The van der Waals surface area contributed by atoms with Crippen LogP contribution in [0.15, 0.2) is 16.8 Å². The van der Waals surface area contributed by atoms with Crippen molar-refractivity contribution in [3.05, 3.63) is 22.4 Å². The van der Waals surface area contributed by atoms with Gasteiger partial charge in [0.15, 0.2) is 0 Å². The molecule has 5 heteroatoms. The lowest BCUT2D eigenvalue weighted by atomic mass is 10.2. The molecule has 1 unspecified atom stereocenters. The van der Waals surface area contributed by atoms with Crippen LogP contribution in [0.3, 0.4) is 0 Å². The van der Waals surface area contributed by atoms with E-state index in [2.05, 4.69) is 5.43 Å². The quantitative estimate of drug-likeness (QED) is 0.544. The maximum Gasteiger partial charge on any atom is 0.259 e. The smallest absolute Gasteiger partial charge is 0.259 e. The van der Waals surface area contributed by atoms with Crippen LogP contribution in [0, 0.1) is 0 Å². The molecule has 0 aromatic carbocycles. The van der Waals surface area contributed by atoms with Gasteiger partial charge in [0.2, 0.25) is 0 Å². The second kappa shape index (κ2) is 3.75. The van der Waals surface area contributed by atoms with E-state index in [9.17, 15) is 8.78 Å². The van der Waals surface area contributed by atoms with E-state index in [4.69, 9.17) is 5.84 Å². The first-order valence-corrected chi connectivity index (χ1v) is 3.96. The van der Waals surface area contributed by atoms with Crippen molar-refractivity contribution in [2.75, 3.05) is 0 Å². The van der Waals surface area contributed by atoms with Crippen molar-refractivity contribution in [3.63, 3.8) is 0 Å². The van der Waals surface area contributed by atoms with Gasteiger partial charge in [-0.25, -0.2) is 14.2 Å². The van der Waals surface area contributed by atoms with Gasteiger partial charge in [-0.3, -0.25) is 5.84 Å². The third kappa shape index (κ3) is 1.95. The molecule has 1 atom stereocenters. The molecular weight excluding hydrogens is 170 g/mol. The third-order valence-electron chi connectivity index (χ3n) is 1.33. The molecular formula is C6H8F2N2S. The van der Waals surface area contributed by atoms with Gasteiger partial charge in [0.1, 0.15) is 6.04 Å². The summed E-state index contributed by atoms with van der Waals surface area (Å²) < 4.78 is 24.2. The standard InChI is InChI=1S/C6H8F2N2S/c7-6(8)5(10-9)4-1-2-11-3-4/h1-3,5-6,10H,9H2. The van der Waals surface area contributed by atoms with E-state index in [1.165, 1.54) is 11.3 Å². The highest BCUT2D eigenvalue weighted by Gasteiger charge is 2.20. The summed E-state index contributed by atoms with van der Waals surface area (Å²) in [5, 5.41) is 3.39. The Labute approximate surface area is 67.0 Å². The maximum atomic E-state index is 12.1. The SMILES string of the molecule is NNC(c1ccsc1)C(F)F. The summed E-state index contributed by atoms with van der Waals surface area (Å²) in [6.07, 6.45) is -2.46. The molecule has 1 aromatic rings. The molecule has 3 N–H and O–H groups in total. The van der Waals surface area contributed by atoms with Gasteiger partial charge in [-0.2, -0.15) is 11.3 Å². The third-order valence-corrected chi connectivity index (χ3v) is 2.04. The normalized spacial score (nSPS) is 13.8. The molecule has 0 bridgehead atoms. The van der Waals surface area contributed by atoms with Crippen LogP contribution in [0.5, 0.6) is 0 Å². The lowest BCUT2D eigenvalue weighted by molar-refractivity contribution is 0.0988. The summed E-state index contributed by atoms with van der Waals surface area (Å²) in [5.74, 6) is 4.94. The minimum Gasteiger partial charge on any atom is -0.271 e. The van der Waals surface area contributed by atoms with E-state index < -0.39 is 12.5 Å². The number of nitrogens with one attached hydrogen (secondary N) is 1. The number of halogens is 2. The summed E-state index contributed by atoms with van der Waals surface area (Å²) in [6.45, 7) is 0. The molecule has 0 amide bonds. The van der Waals surface area contributed by atoms with Crippen LogP contribution >= 0.6 is 11.3 Å². The van der Waals surface area contributed by atoms with Crippen molar-refractivity contribution in [1.82, 2.24) is 5.43 Å². The first kappa shape index (κ1) is 8.58. The molecule has 0 aliphatic rings. The van der Waals surface area contributed by atoms with Crippen molar-refractivity contribution in [2.45, 2.75) is 12.5 Å². The molecule has 1 aromatic heterocycles. The van der Waals surface area contributed by atoms with E-state index >= 15 is 0 Å². The summed E-state index contributed by atoms with van der Waals surface area (Å²) >= 11 is 1.37. The van der Waals surface area contributed by atoms with Crippen LogP contribution in [0.4, 0.5) is 8.78 Å². The van der Waals surface area contributed by atoms with Crippen LogP contribution in [0.1, 0.15) is 11.6 Å². The average molecular weight is 178 g/mol. The molecule has 0 fully saturated rings. The average Bonchev–Trinajstić information content (AvgIpc) is 2.40. The van der Waals surface area contributed by atoms with Crippen molar-refractivity contribution in [1.29, 1.82) is 0 Å². The van der Waals surface area contributed by atoms with Gasteiger partial charge in [0, 0.05) is 0 Å². The largest absolute Gasteiger partial charge is 0.271 e. The Morgan fingerprint density at radius 2 is 2.27 bits per heavy atom. The molecule has 1 heterocycles. The minimum absolute atomic E-state index is 0.535. The summed E-state index contributed by atoms with van der Waals surface area (Å²) in [6, 6.07) is 0.586. The second-order valence-corrected chi connectivity index (χ2v) is 2.82. The van der Waals surface area contributed by atoms with Crippen LogP contribution in [-0.2, 0) is 0 Å². The van der Waals surface area contributed by atoms with Gasteiger partial charge in [0.25, 0.3) is 6.43 Å². The number of hydrogen-bond donors (Lipinski definition) is 2. The summed E-state index contributed by atoms with van der Waals surface area (Å²) in [4.78, 5) is 0. The van der Waals surface area contributed by atoms with E-state index in [-0.39, 0.29) is 0 Å². The Kier molecular flexibility index (Phi) is 2.92. The number of rotatable bonds is 3. The molecule has 0 saturated heterocycles. The molecule has 1 rings (SSSR count). The van der Waals surface area contributed by atoms with Crippen molar-refractivity contribution < 1.29 is 8.78 Å². The predicted molar refractivity (Wildman–Crippen MR) is 40.4 cm³/mol. The fourth-order valence-corrected chi connectivity index (χ4v) is 1.46. The van der Waals surface area contributed by atoms with Gasteiger partial charge in [-0.15, -0.1) is 0 Å². The topological polar surface area (TPSA) is 38.0 Å². The number of hydrazine groups is 1. The maximum absolute atomic E-state index is 12.1. The van der Waals surface area contributed by atoms with E-state index in [1.54, 1.807) is 16.8 Å². The van der Waals surface area contributed by atoms with Crippen molar-refractivity contribution in [2.24, 2.45) is 5.84 Å². The number of nitrogens with two attached hydrogens (primary N) is 1. The molecule has 11 heavy (non-hydrogen) atoms. The highest BCUT2D eigenvalue weighted by Crippen LogP contribution is 2.21. The fourth-order valence-electron chi connectivity index (χ4n) is 0.766. The van der Waals surface area contributed by atoms with Crippen LogP contribution in [0.25, 0.3) is 0 Å². The number of alkyl halides is 2. The Bertz CT molecular complexity index is 200. The van der Waals surface area contributed by atoms with E-state index in [0.717, 1.165) is 0 Å². The second-order valence-electron chi connectivity index (χ2n) is 2.04. The monoisotopic (exact) mass is 178 g/mol. The Hall–Kier alpha value is -0.520. The van der Waals surface area contributed by atoms with Crippen LogP contribution in [0.2, 0.25) is 0 Å². The summed E-state index contributed by atoms with van der Waals surface area (Å²) in [5.41, 5.74) is 2.60. The lowest BCUT2D eigenvalue weighted by Crippen LogP contribution is -2.32. The van der Waals surface area contributed by atoms with Crippen LogP contribution < -0.4 is 11.3 Å². The highest BCUT2D eigenvalue weighted by atomic mass is 32.1. The Morgan fingerprint density at radius 3 is 2.64 bits per heavy atom. The number of hydrogen-bond acceptors (Lipinski definition) is 3. The van der Waals surface area contributed by atoms with Gasteiger partial charge in [0.05, 0.1) is 0 Å². The Morgan fingerprint density at radius 1 is 1.55 bits per heavy atom. The molecule has 0 spiro atoms. The molecule has 0 aliphatic carbocycles. The van der Waals surface area contributed by atoms with Crippen molar-refractivity contribution in [3.8, 4) is 0 Å². The van der Waals surface area contributed by atoms with Gasteiger partial charge in [-0.1, -0.05) is 0 Å². The van der Waals surface area contributed by atoms with Gasteiger partial charge < -0.3 is 0 Å². The predicted octanol–water partition coefficient (Wildman–Crippen LogP) is 1.52. The van der Waals surface area contributed by atoms with Crippen LogP contribution in [-0.4, -0.2) is 6.43 Å². The molecule has 62 valence electrons. The fraction of sp³-hybridized carbons (Fsp3) is 0.333. The van der Waals surface area contributed by atoms with Gasteiger partial charge in [-0.05, 0) is 22.4 Å². The molecule has 0 radical (unpaired) electrons.